The summed E-state index contributed by atoms with van der Waals surface area (Å²) < 4.78 is 5.60. The molecule has 3 rings (SSSR count). The van der Waals surface area contributed by atoms with Crippen LogP contribution in [0.25, 0.3) is 0 Å². The van der Waals surface area contributed by atoms with E-state index in [9.17, 15) is 0 Å². The van der Waals surface area contributed by atoms with Crippen molar-refractivity contribution in [2.75, 3.05) is 23.8 Å². The Bertz CT molecular complexity index is 610. The highest BCUT2D eigenvalue weighted by atomic mass is 16.5. The van der Waals surface area contributed by atoms with Crippen LogP contribution in [-0.4, -0.2) is 13.2 Å². The zero-order valence-electron chi connectivity index (χ0n) is 11.8. The molecule has 20 heavy (non-hydrogen) atoms. The van der Waals surface area contributed by atoms with Gasteiger partial charge in [-0.2, -0.15) is 0 Å². The molecule has 0 saturated carbocycles. The summed E-state index contributed by atoms with van der Waals surface area (Å²) in [7, 11) is 0. The molecule has 0 aromatic heterocycles. The predicted molar refractivity (Wildman–Crippen MR) is 83.8 cm³/mol. The summed E-state index contributed by atoms with van der Waals surface area (Å²) in [5.41, 5.74) is 10.6. The first kappa shape index (κ1) is 12.9. The SMILES string of the molecule is CCOc1cc(N)cc(N2CCCc3ccccc32)c1. The van der Waals surface area contributed by atoms with Crippen molar-refractivity contribution in [2.24, 2.45) is 0 Å². The average molecular weight is 268 g/mol. The second kappa shape index (κ2) is 5.45. The van der Waals surface area contributed by atoms with Gasteiger partial charge in [-0.1, -0.05) is 18.2 Å². The third kappa shape index (κ3) is 2.44. The van der Waals surface area contributed by atoms with Crippen molar-refractivity contribution in [1.29, 1.82) is 0 Å². The van der Waals surface area contributed by atoms with Gasteiger partial charge in [0.05, 0.1) is 6.61 Å². The maximum Gasteiger partial charge on any atom is 0.123 e. The molecule has 0 aliphatic carbocycles. The second-order valence-corrected chi connectivity index (χ2v) is 5.08. The van der Waals surface area contributed by atoms with Crippen LogP contribution >= 0.6 is 0 Å². The molecule has 3 heteroatoms. The fraction of sp³-hybridized carbons (Fsp3) is 0.294. The molecule has 0 fully saturated rings. The molecule has 104 valence electrons. The van der Waals surface area contributed by atoms with E-state index < -0.39 is 0 Å². The van der Waals surface area contributed by atoms with E-state index in [1.807, 2.05) is 19.1 Å². The number of hydrogen-bond acceptors (Lipinski definition) is 3. The largest absolute Gasteiger partial charge is 0.494 e. The number of nitrogen functional groups attached to an aromatic ring is 1. The van der Waals surface area contributed by atoms with Gasteiger partial charge < -0.3 is 15.4 Å². The van der Waals surface area contributed by atoms with E-state index in [-0.39, 0.29) is 0 Å². The smallest absolute Gasteiger partial charge is 0.123 e. The maximum atomic E-state index is 6.01. The number of nitrogens with zero attached hydrogens (tertiary/aromatic N) is 1. The molecule has 0 atom stereocenters. The molecule has 1 aliphatic heterocycles. The number of ether oxygens (including phenoxy) is 1. The lowest BCUT2D eigenvalue weighted by Crippen LogP contribution is -2.24. The van der Waals surface area contributed by atoms with Crippen LogP contribution in [0, 0.1) is 0 Å². The summed E-state index contributed by atoms with van der Waals surface area (Å²) in [6, 6.07) is 14.5. The zero-order valence-corrected chi connectivity index (χ0v) is 11.8. The normalized spacial score (nSPS) is 13.9. The lowest BCUT2D eigenvalue weighted by Gasteiger charge is -2.31. The summed E-state index contributed by atoms with van der Waals surface area (Å²) in [6.45, 7) is 3.66. The van der Waals surface area contributed by atoms with E-state index in [4.69, 9.17) is 10.5 Å². The van der Waals surface area contributed by atoms with Gasteiger partial charge in [0.1, 0.15) is 5.75 Å². The van der Waals surface area contributed by atoms with Crippen molar-refractivity contribution < 1.29 is 4.74 Å². The molecule has 0 unspecified atom stereocenters. The Labute approximate surface area is 120 Å². The number of aryl methyl sites for hydroxylation is 1. The first-order valence-corrected chi connectivity index (χ1v) is 7.16. The molecule has 0 radical (unpaired) electrons. The quantitative estimate of drug-likeness (QED) is 0.862. The van der Waals surface area contributed by atoms with Crippen molar-refractivity contribution in [3.8, 4) is 5.75 Å². The minimum Gasteiger partial charge on any atom is -0.494 e. The van der Waals surface area contributed by atoms with Gasteiger partial charge in [-0.15, -0.1) is 0 Å². The van der Waals surface area contributed by atoms with Gasteiger partial charge in [-0.25, -0.2) is 0 Å². The summed E-state index contributed by atoms with van der Waals surface area (Å²) in [5.74, 6) is 0.838. The molecule has 0 spiro atoms. The minimum absolute atomic E-state index is 0.652. The van der Waals surface area contributed by atoms with Gasteiger partial charge in [-0.3, -0.25) is 0 Å². The molecule has 0 saturated heterocycles. The van der Waals surface area contributed by atoms with E-state index in [1.54, 1.807) is 0 Å². The number of nitrogens with two attached hydrogens (primary N) is 1. The van der Waals surface area contributed by atoms with E-state index in [1.165, 1.54) is 11.3 Å². The number of fused-ring (bicyclic) bond motifs is 1. The Morgan fingerprint density at radius 3 is 2.90 bits per heavy atom. The van der Waals surface area contributed by atoms with Crippen molar-refractivity contribution in [3.63, 3.8) is 0 Å². The van der Waals surface area contributed by atoms with Crippen LogP contribution in [0.4, 0.5) is 17.1 Å². The predicted octanol–water partition coefficient (Wildman–Crippen LogP) is 3.75. The summed E-state index contributed by atoms with van der Waals surface area (Å²) in [6.07, 6.45) is 2.31. The summed E-state index contributed by atoms with van der Waals surface area (Å²) >= 11 is 0. The van der Waals surface area contributed by atoms with Gasteiger partial charge in [0, 0.05) is 35.7 Å². The highest BCUT2D eigenvalue weighted by molar-refractivity contribution is 5.71. The molecular formula is C17H20N2O. The first-order valence-electron chi connectivity index (χ1n) is 7.16. The molecule has 2 aromatic rings. The van der Waals surface area contributed by atoms with Crippen LogP contribution < -0.4 is 15.4 Å². The van der Waals surface area contributed by atoms with Crippen LogP contribution in [0.1, 0.15) is 18.9 Å². The average Bonchev–Trinajstić information content (AvgIpc) is 2.46. The third-order valence-electron chi connectivity index (χ3n) is 3.65. The summed E-state index contributed by atoms with van der Waals surface area (Å²) in [4.78, 5) is 2.33. The van der Waals surface area contributed by atoms with Gasteiger partial charge in [-0.05, 0) is 37.5 Å². The van der Waals surface area contributed by atoms with Crippen LogP contribution in [0.5, 0.6) is 5.75 Å². The zero-order chi connectivity index (χ0) is 13.9. The van der Waals surface area contributed by atoms with Crippen molar-refractivity contribution in [2.45, 2.75) is 19.8 Å². The minimum atomic E-state index is 0.652. The molecule has 1 heterocycles. The third-order valence-corrected chi connectivity index (χ3v) is 3.65. The number of hydrogen-bond donors (Lipinski definition) is 1. The first-order chi connectivity index (χ1) is 9.78. The number of para-hydroxylation sites is 1. The molecule has 0 amide bonds. The lowest BCUT2D eigenvalue weighted by molar-refractivity contribution is 0.340. The van der Waals surface area contributed by atoms with Crippen LogP contribution in [0.2, 0.25) is 0 Å². The molecule has 1 aliphatic rings. The van der Waals surface area contributed by atoms with Crippen LogP contribution in [0.15, 0.2) is 42.5 Å². The fourth-order valence-corrected chi connectivity index (χ4v) is 2.81. The van der Waals surface area contributed by atoms with E-state index in [0.29, 0.717) is 6.61 Å². The highest BCUT2D eigenvalue weighted by Gasteiger charge is 2.18. The summed E-state index contributed by atoms with van der Waals surface area (Å²) in [5, 5.41) is 0. The number of anilines is 3. The molecule has 0 bridgehead atoms. The lowest BCUT2D eigenvalue weighted by atomic mass is 10.0. The van der Waals surface area contributed by atoms with Gasteiger partial charge in [0.25, 0.3) is 0 Å². The molecule has 2 aromatic carbocycles. The van der Waals surface area contributed by atoms with Gasteiger partial charge in [0.2, 0.25) is 0 Å². The number of rotatable bonds is 3. The van der Waals surface area contributed by atoms with E-state index in [2.05, 4.69) is 35.2 Å². The highest BCUT2D eigenvalue weighted by Crippen LogP contribution is 2.35. The van der Waals surface area contributed by atoms with E-state index >= 15 is 0 Å². The fourth-order valence-electron chi connectivity index (χ4n) is 2.81. The molecule has 2 N–H and O–H groups in total. The Balaban J connectivity index is 2.01. The number of benzene rings is 2. The van der Waals surface area contributed by atoms with E-state index in [0.717, 1.165) is 36.5 Å². The second-order valence-electron chi connectivity index (χ2n) is 5.08. The Morgan fingerprint density at radius 1 is 1.20 bits per heavy atom. The Kier molecular flexibility index (Phi) is 3.50. The monoisotopic (exact) mass is 268 g/mol. The topological polar surface area (TPSA) is 38.5 Å². The standard InChI is InChI=1S/C17H20N2O/c1-2-20-16-11-14(18)10-15(12-16)19-9-5-7-13-6-3-4-8-17(13)19/h3-4,6,8,10-12H,2,5,7,9,18H2,1H3. The van der Waals surface area contributed by atoms with Crippen molar-refractivity contribution >= 4 is 17.1 Å². The molecule has 3 nitrogen and oxygen atoms in total. The molecular weight excluding hydrogens is 248 g/mol. The Morgan fingerprint density at radius 2 is 2.05 bits per heavy atom. The van der Waals surface area contributed by atoms with Crippen LogP contribution in [-0.2, 0) is 6.42 Å². The van der Waals surface area contributed by atoms with Crippen LogP contribution in [0.3, 0.4) is 0 Å². The van der Waals surface area contributed by atoms with Crippen molar-refractivity contribution in [3.05, 3.63) is 48.0 Å². The van der Waals surface area contributed by atoms with Gasteiger partial charge in [0.15, 0.2) is 0 Å². The Hall–Kier alpha value is -2.16. The van der Waals surface area contributed by atoms with Gasteiger partial charge >= 0.3 is 0 Å². The maximum absolute atomic E-state index is 6.01. The van der Waals surface area contributed by atoms with Crippen molar-refractivity contribution in [1.82, 2.24) is 0 Å².